The predicted octanol–water partition coefficient (Wildman–Crippen LogP) is 0.495. The van der Waals surface area contributed by atoms with E-state index in [9.17, 15) is 0 Å². The van der Waals surface area contributed by atoms with Crippen molar-refractivity contribution in [3.8, 4) is 0 Å². The molecule has 0 amide bonds. The van der Waals surface area contributed by atoms with Gasteiger partial charge in [-0.3, -0.25) is 10.1 Å². The maximum Gasteiger partial charge on any atom is 0.141 e. The second-order valence-corrected chi connectivity index (χ2v) is 2.40. The second-order valence-electron chi connectivity index (χ2n) is 2.40. The summed E-state index contributed by atoms with van der Waals surface area (Å²) in [5, 5.41) is 11.4. The molecule has 1 aromatic heterocycles. The van der Waals surface area contributed by atoms with Gasteiger partial charge in [-0.25, -0.2) is 0 Å². The third kappa shape index (κ3) is 1.39. The first-order chi connectivity index (χ1) is 5.15. The molecule has 60 valence electrons. The van der Waals surface area contributed by atoms with Gasteiger partial charge in [0, 0.05) is 6.54 Å². The van der Waals surface area contributed by atoms with Crippen LogP contribution in [0.15, 0.2) is 6.07 Å². The van der Waals surface area contributed by atoms with Gasteiger partial charge < -0.3 is 5.73 Å². The van der Waals surface area contributed by atoms with Gasteiger partial charge >= 0.3 is 0 Å². The van der Waals surface area contributed by atoms with Gasteiger partial charge in [0.05, 0.1) is 5.69 Å². The molecule has 0 aliphatic carbocycles. The van der Waals surface area contributed by atoms with Crippen molar-refractivity contribution in [1.82, 2.24) is 9.78 Å². The molecule has 0 radical (unpaired) electrons. The van der Waals surface area contributed by atoms with Crippen LogP contribution in [0.5, 0.6) is 0 Å². The van der Waals surface area contributed by atoms with Crippen molar-refractivity contribution in [1.29, 1.82) is 5.41 Å². The molecule has 0 saturated carbocycles. The topological polar surface area (TPSA) is 67.7 Å². The van der Waals surface area contributed by atoms with Crippen LogP contribution in [0.25, 0.3) is 0 Å². The third-order valence-electron chi connectivity index (χ3n) is 1.48. The maximum atomic E-state index is 7.21. The number of aryl methyl sites for hydroxylation is 2. The number of hydrogen-bond donors (Lipinski definition) is 2. The summed E-state index contributed by atoms with van der Waals surface area (Å²) in [7, 11) is 0. The first-order valence-corrected chi connectivity index (χ1v) is 3.54. The summed E-state index contributed by atoms with van der Waals surface area (Å²) < 4.78 is 1.72. The Bertz CT molecular complexity index is 274. The van der Waals surface area contributed by atoms with Gasteiger partial charge in [0.1, 0.15) is 11.5 Å². The van der Waals surface area contributed by atoms with Gasteiger partial charge in [0.15, 0.2) is 0 Å². The number of hydrogen-bond acceptors (Lipinski definition) is 2. The van der Waals surface area contributed by atoms with Crippen molar-refractivity contribution in [2.75, 3.05) is 0 Å². The summed E-state index contributed by atoms with van der Waals surface area (Å²) in [6.45, 7) is 4.61. The van der Waals surface area contributed by atoms with E-state index in [0.717, 1.165) is 12.2 Å². The van der Waals surface area contributed by atoms with Crippen LogP contribution in [-0.4, -0.2) is 15.6 Å². The molecule has 0 spiro atoms. The number of amidine groups is 1. The molecule has 11 heavy (non-hydrogen) atoms. The molecule has 0 fully saturated rings. The second kappa shape index (κ2) is 2.74. The van der Waals surface area contributed by atoms with Crippen molar-refractivity contribution in [3.63, 3.8) is 0 Å². The first-order valence-electron chi connectivity index (χ1n) is 3.54. The van der Waals surface area contributed by atoms with Crippen LogP contribution >= 0.6 is 0 Å². The number of nitrogen functional groups attached to an aromatic ring is 1. The molecule has 0 saturated heterocycles. The standard InChI is InChI=1S/C7H12N4/c1-3-11-6(7(8)9)4-5(2)10-11/h4H,3H2,1-2H3,(H3,8,9). The van der Waals surface area contributed by atoms with E-state index >= 15 is 0 Å². The lowest BCUT2D eigenvalue weighted by molar-refractivity contribution is 0.647. The monoisotopic (exact) mass is 152 g/mol. The Kier molecular flexibility index (Phi) is 1.94. The van der Waals surface area contributed by atoms with E-state index in [-0.39, 0.29) is 5.84 Å². The van der Waals surface area contributed by atoms with Gasteiger partial charge in [-0.1, -0.05) is 0 Å². The Morgan fingerprint density at radius 3 is 2.82 bits per heavy atom. The van der Waals surface area contributed by atoms with Crippen LogP contribution in [0.3, 0.4) is 0 Å². The van der Waals surface area contributed by atoms with Crippen molar-refractivity contribution in [2.45, 2.75) is 20.4 Å². The fourth-order valence-electron chi connectivity index (χ4n) is 1.00. The average Bonchev–Trinajstić information content (AvgIpc) is 2.30. The molecular weight excluding hydrogens is 140 g/mol. The average molecular weight is 152 g/mol. The normalized spacial score (nSPS) is 10.0. The molecule has 0 aliphatic rings. The minimum atomic E-state index is 0.0763. The summed E-state index contributed by atoms with van der Waals surface area (Å²) >= 11 is 0. The Morgan fingerprint density at radius 1 is 1.82 bits per heavy atom. The molecule has 0 aliphatic heterocycles. The van der Waals surface area contributed by atoms with Crippen LogP contribution in [0.1, 0.15) is 18.3 Å². The quantitative estimate of drug-likeness (QED) is 0.478. The van der Waals surface area contributed by atoms with Crippen LogP contribution < -0.4 is 5.73 Å². The number of rotatable bonds is 2. The Balaban J connectivity index is 3.12. The van der Waals surface area contributed by atoms with E-state index in [4.69, 9.17) is 11.1 Å². The highest BCUT2D eigenvalue weighted by atomic mass is 15.3. The Labute approximate surface area is 65.5 Å². The van der Waals surface area contributed by atoms with Gasteiger partial charge in [0.2, 0.25) is 0 Å². The number of nitrogens with one attached hydrogen (secondary N) is 1. The van der Waals surface area contributed by atoms with Gasteiger partial charge in [-0.05, 0) is 19.9 Å². The fourth-order valence-corrected chi connectivity index (χ4v) is 1.00. The van der Waals surface area contributed by atoms with Crippen LogP contribution in [-0.2, 0) is 6.54 Å². The highest BCUT2D eigenvalue weighted by molar-refractivity contribution is 5.93. The molecule has 4 heteroatoms. The maximum absolute atomic E-state index is 7.21. The molecule has 3 N–H and O–H groups in total. The first kappa shape index (κ1) is 7.78. The summed E-state index contributed by atoms with van der Waals surface area (Å²) in [6.07, 6.45) is 0. The van der Waals surface area contributed by atoms with Crippen molar-refractivity contribution in [2.24, 2.45) is 5.73 Å². The molecule has 0 unspecified atom stereocenters. The van der Waals surface area contributed by atoms with Crippen molar-refractivity contribution >= 4 is 5.84 Å². The van der Waals surface area contributed by atoms with Crippen LogP contribution in [0.2, 0.25) is 0 Å². The van der Waals surface area contributed by atoms with Crippen LogP contribution in [0.4, 0.5) is 0 Å². The molecule has 0 bridgehead atoms. The Hall–Kier alpha value is -1.32. The van der Waals surface area contributed by atoms with Crippen molar-refractivity contribution in [3.05, 3.63) is 17.5 Å². The van der Waals surface area contributed by atoms with E-state index < -0.39 is 0 Å². The van der Waals surface area contributed by atoms with Gasteiger partial charge in [-0.15, -0.1) is 0 Å². The van der Waals surface area contributed by atoms with Gasteiger partial charge in [-0.2, -0.15) is 5.10 Å². The zero-order valence-electron chi connectivity index (χ0n) is 6.76. The van der Waals surface area contributed by atoms with Crippen molar-refractivity contribution < 1.29 is 0 Å². The molecule has 1 rings (SSSR count). The van der Waals surface area contributed by atoms with E-state index in [1.807, 2.05) is 19.9 Å². The highest BCUT2D eigenvalue weighted by Gasteiger charge is 2.04. The lowest BCUT2D eigenvalue weighted by Gasteiger charge is -2.00. The van der Waals surface area contributed by atoms with Gasteiger partial charge in [0.25, 0.3) is 0 Å². The van der Waals surface area contributed by atoms with E-state index in [1.54, 1.807) is 4.68 Å². The molecule has 1 heterocycles. The number of nitrogens with two attached hydrogens (primary N) is 1. The van der Waals surface area contributed by atoms with E-state index in [1.165, 1.54) is 0 Å². The highest BCUT2D eigenvalue weighted by Crippen LogP contribution is 2.01. The zero-order valence-corrected chi connectivity index (χ0v) is 6.76. The minimum absolute atomic E-state index is 0.0763. The fraction of sp³-hybridized carbons (Fsp3) is 0.429. The van der Waals surface area contributed by atoms with E-state index in [0.29, 0.717) is 5.69 Å². The number of aromatic nitrogens is 2. The summed E-state index contributed by atoms with van der Waals surface area (Å²) in [4.78, 5) is 0. The predicted molar refractivity (Wildman–Crippen MR) is 43.7 cm³/mol. The largest absolute Gasteiger partial charge is 0.382 e. The zero-order chi connectivity index (χ0) is 8.43. The van der Waals surface area contributed by atoms with Crippen LogP contribution in [0, 0.1) is 12.3 Å². The summed E-state index contributed by atoms with van der Waals surface area (Å²) in [5.41, 5.74) is 6.93. The van der Waals surface area contributed by atoms with E-state index in [2.05, 4.69) is 5.10 Å². The number of nitrogens with zero attached hydrogens (tertiary/aromatic N) is 2. The summed E-state index contributed by atoms with van der Waals surface area (Å²) in [5.74, 6) is 0.0763. The lowest BCUT2D eigenvalue weighted by Crippen LogP contribution is -2.16. The molecule has 1 aromatic rings. The third-order valence-corrected chi connectivity index (χ3v) is 1.48. The lowest BCUT2D eigenvalue weighted by atomic mass is 10.3. The SMILES string of the molecule is CCn1nc(C)cc1C(=N)N. The Morgan fingerprint density at radius 2 is 2.45 bits per heavy atom. The minimum Gasteiger partial charge on any atom is -0.382 e. The molecule has 0 aromatic carbocycles. The molecule has 0 atom stereocenters. The molecule has 4 nitrogen and oxygen atoms in total. The smallest absolute Gasteiger partial charge is 0.141 e. The molecular formula is C7H12N4. The summed E-state index contributed by atoms with van der Waals surface area (Å²) in [6, 6.07) is 1.81.